The molecule has 130 valence electrons. The molecule has 0 radical (unpaired) electrons. The number of benzene rings is 2. The lowest BCUT2D eigenvalue weighted by Gasteiger charge is -2.22. The van der Waals surface area contributed by atoms with E-state index < -0.39 is 5.97 Å². The maximum Gasteiger partial charge on any atom is 0.337 e. The van der Waals surface area contributed by atoms with Crippen molar-refractivity contribution in [1.82, 2.24) is 4.90 Å². The zero-order valence-electron chi connectivity index (χ0n) is 14.0. The SMILES string of the molecule is O=C(O)c1ccccc1NC(=O)N1CCCC(c2ccccc2)CC1. The standard InChI is InChI=1S/C20H22N2O3/c23-19(24)17-10-4-5-11-18(17)21-20(25)22-13-6-9-16(12-14-22)15-7-2-1-3-8-15/h1-5,7-8,10-11,16H,6,9,12-14H2,(H,21,25)(H,23,24). The van der Waals surface area contributed by atoms with E-state index in [2.05, 4.69) is 17.4 Å². The van der Waals surface area contributed by atoms with Gasteiger partial charge in [-0.15, -0.1) is 0 Å². The van der Waals surface area contributed by atoms with Crippen LogP contribution in [0.4, 0.5) is 10.5 Å². The van der Waals surface area contributed by atoms with E-state index in [1.54, 1.807) is 23.1 Å². The first-order valence-electron chi connectivity index (χ1n) is 8.58. The van der Waals surface area contributed by atoms with E-state index in [1.807, 2.05) is 18.2 Å². The Morgan fingerprint density at radius 1 is 0.960 bits per heavy atom. The van der Waals surface area contributed by atoms with Crippen LogP contribution >= 0.6 is 0 Å². The van der Waals surface area contributed by atoms with Gasteiger partial charge in [0.05, 0.1) is 11.3 Å². The number of anilines is 1. The highest BCUT2D eigenvalue weighted by atomic mass is 16.4. The number of amides is 2. The number of hydrogen-bond donors (Lipinski definition) is 2. The zero-order chi connectivity index (χ0) is 17.6. The minimum Gasteiger partial charge on any atom is -0.478 e. The number of nitrogens with zero attached hydrogens (tertiary/aromatic N) is 1. The lowest BCUT2D eigenvalue weighted by Crippen LogP contribution is -2.36. The summed E-state index contributed by atoms with van der Waals surface area (Å²) >= 11 is 0. The second-order valence-corrected chi connectivity index (χ2v) is 6.31. The van der Waals surface area contributed by atoms with Crippen LogP contribution < -0.4 is 5.32 Å². The molecule has 0 spiro atoms. The third-order valence-electron chi connectivity index (χ3n) is 4.69. The van der Waals surface area contributed by atoms with Crippen LogP contribution in [-0.2, 0) is 0 Å². The Morgan fingerprint density at radius 2 is 1.68 bits per heavy atom. The third-order valence-corrected chi connectivity index (χ3v) is 4.69. The summed E-state index contributed by atoms with van der Waals surface area (Å²) in [7, 11) is 0. The van der Waals surface area contributed by atoms with E-state index in [0.29, 0.717) is 24.7 Å². The molecular weight excluding hydrogens is 316 g/mol. The minimum atomic E-state index is -1.05. The number of nitrogens with one attached hydrogen (secondary N) is 1. The number of hydrogen-bond acceptors (Lipinski definition) is 2. The number of carboxylic acid groups (broad SMARTS) is 1. The number of carbonyl (C=O) groups excluding carboxylic acids is 1. The van der Waals surface area contributed by atoms with Crippen LogP contribution in [0.15, 0.2) is 54.6 Å². The third kappa shape index (κ3) is 4.18. The molecule has 1 aliphatic rings. The highest BCUT2D eigenvalue weighted by molar-refractivity contribution is 5.99. The topological polar surface area (TPSA) is 69.6 Å². The second kappa shape index (κ2) is 7.83. The predicted octanol–water partition coefficient (Wildman–Crippen LogP) is 4.19. The molecule has 0 aliphatic carbocycles. The van der Waals surface area contributed by atoms with Crippen LogP contribution in [0.5, 0.6) is 0 Å². The summed E-state index contributed by atoms with van der Waals surface area (Å²) in [5.74, 6) is -0.582. The largest absolute Gasteiger partial charge is 0.478 e. The summed E-state index contributed by atoms with van der Waals surface area (Å²) in [6.45, 7) is 1.35. The molecule has 2 N–H and O–H groups in total. The molecule has 1 heterocycles. The summed E-state index contributed by atoms with van der Waals surface area (Å²) in [4.78, 5) is 25.6. The summed E-state index contributed by atoms with van der Waals surface area (Å²) < 4.78 is 0. The first-order valence-corrected chi connectivity index (χ1v) is 8.58. The van der Waals surface area contributed by atoms with E-state index in [1.165, 1.54) is 11.6 Å². The lowest BCUT2D eigenvalue weighted by atomic mass is 9.92. The Kier molecular flexibility index (Phi) is 5.33. The number of likely N-dealkylation sites (tertiary alicyclic amines) is 1. The quantitative estimate of drug-likeness (QED) is 0.882. The van der Waals surface area contributed by atoms with Crippen molar-refractivity contribution in [2.24, 2.45) is 0 Å². The van der Waals surface area contributed by atoms with E-state index in [-0.39, 0.29) is 11.6 Å². The normalized spacial score (nSPS) is 17.6. The van der Waals surface area contributed by atoms with Gasteiger partial charge >= 0.3 is 12.0 Å². The number of urea groups is 1. The number of carboxylic acids is 1. The molecule has 5 heteroatoms. The molecule has 0 aromatic heterocycles. The fourth-order valence-electron chi connectivity index (χ4n) is 3.33. The van der Waals surface area contributed by atoms with Gasteiger partial charge < -0.3 is 15.3 Å². The Labute approximate surface area is 147 Å². The van der Waals surface area contributed by atoms with E-state index >= 15 is 0 Å². The summed E-state index contributed by atoms with van der Waals surface area (Å²) in [5, 5.41) is 12.0. The van der Waals surface area contributed by atoms with Gasteiger partial charge in [0.2, 0.25) is 0 Å². The zero-order valence-corrected chi connectivity index (χ0v) is 14.0. The molecule has 3 rings (SSSR count). The first-order chi connectivity index (χ1) is 12.1. The van der Waals surface area contributed by atoms with Crippen molar-refractivity contribution in [2.45, 2.75) is 25.2 Å². The summed E-state index contributed by atoms with van der Waals surface area (Å²) in [5.41, 5.74) is 1.76. The van der Waals surface area contributed by atoms with Gasteiger partial charge in [0.25, 0.3) is 0 Å². The second-order valence-electron chi connectivity index (χ2n) is 6.31. The van der Waals surface area contributed by atoms with Gasteiger partial charge in [0.1, 0.15) is 0 Å². The average molecular weight is 338 g/mol. The minimum absolute atomic E-state index is 0.104. The molecule has 5 nitrogen and oxygen atoms in total. The molecule has 1 atom stereocenters. The molecule has 1 fully saturated rings. The predicted molar refractivity (Wildman–Crippen MR) is 97.0 cm³/mol. The van der Waals surface area contributed by atoms with Crippen LogP contribution in [0.3, 0.4) is 0 Å². The van der Waals surface area contributed by atoms with Gasteiger partial charge in [-0.25, -0.2) is 9.59 Å². The van der Waals surface area contributed by atoms with Gasteiger partial charge in [-0.05, 0) is 42.9 Å². The van der Waals surface area contributed by atoms with Crippen LogP contribution in [0.2, 0.25) is 0 Å². The van der Waals surface area contributed by atoms with Gasteiger partial charge in [-0.2, -0.15) is 0 Å². The van der Waals surface area contributed by atoms with Crippen molar-refractivity contribution < 1.29 is 14.7 Å². The van der Waals surface area contributed by atoms with Gasteiger partial charge in [-0.1, -0.05) is 42.5 Å². The molecule has 2 aromatic rings. The maximum atomic E-state index is 12.6. The van der Waals surface area contributed by atoms with E-state index in [0.717, 1.165) is 19.3 Å². The van der Waals surface area contributed by atoms with Crippen LogP contribution in [0, 0.1) is 0 Å². The van der Waals surface area contributed by atoms with Crippen LogP contribution in [0.1, 0.15) is 41.1 Å². The molecule has 0 saturated carbocycles. The van der Waals surface area contributed by atoms with Crippen molar-refractivity contribution in [2.75, 3.05) is 18.4 Å². The number of rotatable bonds is 3. The average Bonchev–Trinajstić information content (AvgIpc) is 2.89. The Hall–Kier alpha value is -2.82. The highest BCUT2D eigenvalue weighted by Gasteiger charge is 2.22. The number of aromatic carboxylic acids is 1. The molecule has 2 amide bonds. The molecule has 1 unspecified atom stereocenters. The number of para-hydroxylation sites is 1. The molecule has 1 saturated heterocycles. The van der Waals surface area contributed by atoms with Crippen LogP contribution in [0.25, 0.3) is 0 Å². The number of carbonyl (C=O) groups is 2. The molecular formula is C20H22N2O3. The first kappa shape index (κ1) is 17.0. The van der Waals surface area contributed by atoms with Gasteiger partial charge in [0.15, 0.2) is 0 Å². The molecule has 25 heavy (non-hydrogen) atoms. The highest BCUT2D eigenvalue weighted by Crippen LogP contribution is 2.28. The lowest BCUT2D eigenvalue weighted by molar-refractivity contribution is 0.0698. The fraction of sp³-hybridized carbons (Fsp3) is 0.300. The molecule has 0 bridgehead atoms. The smallest absolute Gasteiger partial charge is 0.337 e. The monoisotopic (exact) mass is 338 g/mol. The summed E-state index contributed by atoms with van der Waals surface area (Å²) in [6, 6.07) is 16.6. The summed E-state index contributed by atoms with van der Waals surface area (Å²) in [6.07, 6.45) is 2.91. The molecule has 2 aromatic carbocycles. The molecule has 1 aliphatic heterocycles. The van der Waals surface area contributed by atoms with E-state index in [4.69, 9.17) is 0 Å². The van der Waals surface area contributed by atoms with Gasteiger partial charge in [-0.3, -0.25) is 0 Å². The fourth-order valence-corrected chi connectivity index (χ4v) is 3.33. The van der Waals surface area contributed by atoms with Crippen molar-refractivity contribution in [3.63, 3.8) is 0 Å². The Balaban J connectivity index is 1.65. The van der Waals surface area contributed by atoms with Crippen molar-refractivity contribution in [1.29, 1.82) is 0 Å². The van der Waals surface area contributed by atoms with E-state index in [9.17, 15) is 14.7 Å². The van der Waals surface area contributed by atoms with Crippen LogP contribution in [-0.4, -0.2) is 35.1 Å². The van der Waals surface area contributed by atoms with Crippen molar-refractivity contribution >= 4 is 17.7 Å². The van der Waals surface area contributed by atoms with Gasteiger partial charge in [0, 0.05) is 13.1 Å². The van der Waals surface area contributed by atoms with Crippen molar-refractivity contribution in [3.8, 4) is 0 Å². The Bertz CT molecular complexity index is 746. The maximum absolute atomic E-state index is 12.6. The van der Waals surface area contributed by atoms with Crippen molar-refractivity contribution in [3.05, 3.63) is 65.7 Å². The Morgan fingerprint density at radius 3 is 2.44 bits per heavy atom.